The number of carbonyl (C=O) groups is 1. The zero-order chi connectivity index (χ0) is 20.5. The van der Waals surface area contributed by atoms with Crippen molar-refractivity contribution in [2.45, 2.75) is 13.0 Å². The summed E-state index contributed by atoms with van der Waals surface area (Å²) < 4.78 is 7.55. The molecular formula is C25H21N3O2. The van der Waals surface area contributed by atoms with E-state index < -0.39 is 0 Å². The van der Waals surface area contributed by atoms with Gasteiger partial charge in [0.05, 0.1) is 24.6 Å². The van der Waals surface area contributed by atoms with E-state index in [4.69, 9.17) is 4.42 Å². The summed E-state index contributed by atoms with van der Waals surface area (Å²) in [6.45, 7) is 0.502. The van der Waals surface area contributed by atoms with Gasteiger partial charge in [0.15, 0.2) is 0 Å². The van der Waals surface area contributed by atoms with Crippen molar-refractivity contribution in [1.82, 2.24) is 14.7 Å². The highest BCUT2D eigenvalue weighted by molar-refractivity contribution is 6.08. The van der Waals surface area contributed by atoms with Crippen molar-refractivity contribution in [3.8, 4) is 5.69 Å². The number of hydrogen-bond acceptors (Lipinski definition) is 3. The van der Waals surface area contributed by atoms with Gasteiger partial charge in [-0.25, -0.2) is 4.68 Å². The SMILES string of the molecule is CN(Cc1cnn(-c2ccccc2)c1)C(=O)Cc1coc2ccc3ccccc3c12. The summed E-state index contributed by atoms with van der Waals surface area (Å²) in [5.74, 6) is 0.0399. The van der Waals surface area contributed by atoms with Crippen LogP contribution in [0, 0.1) is 0 Å². The lowest BCUT2D eigenvalue weighted by Crippen LogP contribution is -2.27. The van der Waals surface area contributed by atoms with E-state index in [1.54, 1.807) is 17.4 Å². The number of amides is 1. The van der Waals surface area contributed by atoms with Crippen LogP contribution < -0.4 is 0 Å². The van der Waals surface area contributed by atoms with Gasteiger partial charge in [0, 0.05) is 36.3 Å². The first kappa shape index (κ1) is 18.2. The molecule has 0 aliphatic heterocycles. The second kappa shape index (κ2) is 7.52. The molecule has 0 spiro atoms. The van der Waals surface area contributed by atoms with Crippen LogP contribution in [-0.4, -0.2) is 27.6 Å². The molecule has 148 valence electrons. The number of hydrogen-bond donors (Lipinski definition) is 0. The van der Waals surface area contributed by atoms with Gasteiger partial charge in [-0.1, -0.05) is 48.5 Å². The maximum absolute atomic E-state index is 12.9. The van der Waals surface area contributed by atoms with Gasteiger partial charge in [-0.3, -0.25) is 4.79 Å². The molecule has 5 nitrogen and oxygen atoms in total. The predicted octanol–water partition coefficient (Wildman–Crippen LogP) is 4.97. The van der Waals surface area contributed by atoms with Crippen molar-refractivity contribution in [1.29, 1.82) is 0 Å². The Kier molecular flexibility index (Phi) is 4.56. The first-order valence-corrected chi connectivity index (χ1v) is 9.90. The molecule has 0 saturated heterocycles. The van der Waals surface area contributed by atoms with Crippen molar-refractivity contribution < 1.29 is 9.21 Å². The molecule has 0 unspecified atom stereocenters. The molecule has 0 atom stereocenters. The zero-order valence-corrected chi connectivity index (χ0v) is 16.7. The smallest absolute Gasteiger partial charge is 0.227 e. The van der Waals surface area contributed by atoms with Gasteiger partial charge in [0.2, 0.25) is 5.91 Å². The minimum absolute atomic E-state index is 0.0399. The molecule has 0 fully saturated rings. The topological polar surface area (TPSA) is 51.3 Å². The van der Waals surface area contributed by atoms with E-state index in [9.17, 15) is 4.79 Å². The molecule has 0 aliphatic carbocycles. The molecule has 0 saturated carbocycles. The van der Waals surface area contributed by atoms with Crippen molar-refractivity contribution in [3.63, 3.8) is 0 Å². The fraction of sp³-hybridized carbons (Fsp3) is 0.120. The second-order valence-electron chi connectivity index (χ2n) is 7.48. The number of furan rings is 1. The van der Waals surface area contributed by atoms with Crippen LogP contribution in [0.2, 0.25) is 0 Å². The molecular weight excluding hydrogens is 374 g/mol. The summed E-state index contributed by atoms with van der Waals surface area (Å²) in [7, 11) is 1.82. The number of likely N-dealkylation sites (N-methyl/N-ethyl adjacent to an activating group) is 1. The Morgan fingerprint density at radius 2 is 1.83 bits per heavy atom. The van der Waals surface area contributed by atoms with E-state index in [2.05, 4.69) is 17.2 Å². The number of nitrogens with zero attached hydrogens (tertiary/aromatic N) is 3. The van der Waals surface area contributed by atoms with E-state index in [0.29, 0.717) is 13.0 Å². The maximum atomic E-state index is 12.9. The molecule has 0 aliphatic rings. The predicted molar refractivity (Wildman–Crippen MR) is 117 cm³/mol. The second-order valence-corrected chi connectivity index (χ2v) is 7.48. The Balaban J connectivity index is 1.35. The van der Waals surface area contributed by atoms with Crippen LogP contribution in [-0.2, 0) is 17.8 Å². The molecule has 3 aromatic carbocycles. The van der Waals surface area contributed by atoms with Crippen molar-refractivity contribution in [2.75, 3.05) is 7.05 Å². The molecule has 2 heterocycles. The highest BCUT2D eigenvalue weighted by Gasteiger charge is 2.16. The molecule has 1 amide bonds. The lowest BCUT2D eigenvalue weighted by Gasteiger charge is -2.16. The van der Waals surface area contributed by atoms with Crippen LogP contribution in [0.25, 0.3) is 27.4 Å². The van der Waals surface area contributed by atoms with E-state index in [-0.39, 0.29) is 5.91 Å². The Morgan fingerprint density at radius 1 is 1.03 bits per heavy atom. The Hall–Kier alpha value is -3.86. The normalized spacial score (nSPS) is 11.2. The van der Waals surface area contributed by atoms with Crippen LogP contribution in [0.4, 0.5) is 0 Å². The molecule has 0 radical (unpaired) electrons. The molecule has 5 aromatic rings. The van der Waals surface area contributed by atoms with E-state index in [1.807, 2.05) is 72.5 Å². The van der Waals surface area contributed by atoms with Crippen molar-refractivity contribution in [2.24, 2.45) is 0 Å². The van der Waals surface area contributed by atoms with E-state index in [1.165, 1.54) is 0 Å². The minimum Gasteiger partial charge on any atom is -0.464 e. The fourth-order valence-electron chi connectivity index (χ4n) is 3.83. The largest absolute Gasteiger partial charge is 0.464 e. The summed E-state index contributed by atoms with van der Waals surface area (Å²) in [5, 5.41) is 7.68. The zero-order valence-electron chi connectivity index (χ0n) is 16.7. The highest BCUT2D eigenvalue weighted by Crippen LogP contribution is 2.30. The van der Waals surface area contributed by atoms with Gasteiger partial charge in [0.25, 0.3) is 0 Å². The summed E-state index contributed by atoms with van der Waals surface area (Å²) in [4.78, 5) is 14.7. The van der Waals surface area contributed by atoms with Gasteiger partial charge >= 0.3 is 0 Å². The van der Waals surface area contributed by atoms with Gasteiger partial charge in [-0.15, -0.1) is 0 Å². The van der Waals surface area contributed by atoms with Crippen LogP contribution >= 0.6 is 0 Å². The summed E-state index contributed by atoms with van der Waals surface area (Å²) in [6.07, 6.45) is 5.76. The number of carbonyl (C=O) groups excluding carboxylic acids is 1. The van der Waals surface area contributed by atoms with Crippen molar-refractivity contribution in [3.05, 3.63) is 96.5 Å². The van der Waals surface area contributed by atoms with Crippen LogP contribution in [0.1, 0.15) is 11.1 Å². The third-order valence-corrected chi connectivity index (χ3v) is 5.38. The van der Waals surface area contributed by atoms with Gasteiger partial charge in [0.1, 0.15) is 5.58 Å². The van der Waals surface area contributed by atoms with Gasteiger partial charge < -0.3 is 9.32 Å². The fourth-order valence-corrected chi connectivity index (χ4v) is 3.83. The quantitative estimate of drug-likeness (QED) is 0.422. The maximum Gasteiger partial charge on any atom is 0.227 e. The monoisotopic (exact) mass is 395 g/mol. The highest BCUT2D eigenvalue weighted by atomic mass is 16.3. The minimum atomic E-state index is 0.0399. The standard InChI is InChI=1S/C25H21N3O2/c1-27(15-18-14-26-28(16-18)21-8-3-2-4-9-21)24(29)13-20-17-30-23-12-11-19-7-5-6-10-22(19)25(20)23/h2-12,14,16-17H,13,15H2,1H3. The Labute approximate surface area is 174 Å². The average Bonchev–Trinajstić information content (AvgIpc) is 3.42. The number of rotatable bonds is 5. The van der Waals surface area contributed by atoms with Crippen LogP contribution in [0.15, 0.2) is 89.8 Å². The van der Waals surface area contributed by atoms with Crippen molar-refractivity contribution >= 4 is 27.6 Å². The van der Waals surface area contributed by atoms with Crippen LogP contribution in [0.3, 0.4) is 0 Å². The number of fused-ring (bicyclic) bond motifs is 3. The van der Waals surface area contributed by atoms with Gasteiger partial charge in [-0.2, -0.15) is 5.10 Å². The number of para-hydroxylation sites is 1. The average molecular weight is 395 g/mol. The van der Waals surface area contributed by atoms with E-state index in [0.717, 1.165) is 38.6 Å². The number of aromatic nitrogens is 2. The van der Waals surface area contributed by atoms with Crippen LogP contribution in [0.5, 0.6) is 0 Å². The third kappa shape index (κ3) is 3.35. The summed E-state index contributed by atoms with van der Waals surface area (Å²) in [6, 6.07) is 22.1. The third-order valence-electron chi connectivity index (χ3n) is 5.38. The molecule has 5 rings (SSSR count). The lowest BCUT2D eigenvalue weighted by molar-refractivity contribution is -0.129. The number of benzene rings is 3. The summed E-state index contributed by atoms with van der Waals surface area (Å²) in [5.41, 5.74) is 3.70. The Morgan fingerprint density at radius 3 is 2.70 bits per heavy atom. The first-order valence-electron chi connectivity index (χ1n) is 9.90. The molecule has 2 aromatic heterocycles. The lowest BCUT2D eigenvalue weighted by atomic mass is 10.0. The molecule has 0 bridgehead atoms. The van der Waals surface area contributed by atoms with Gasteiger partial charge in [-0.05, 0) is 29.0 Å². The molecule has 0 N–H and O–H groups in total. The molecule has 5 heteroatoms. The Bertz CT molecular complexity index is 1330. The first-order chi connectivity index (χ1) is 14.7. The summed E-state index contributed by atoms with van der Waals surface area (Å²) >= 11 is 0. The molecule has 30 heavy (non-hydrogen) atoms. The van der Waals surface area contributed by atoms with E-state index >= 15 is 0 Å².